The second kappa shape index (κ2) is 11.7. The molecule has 1 aromatic carbocycles. The Bertz CT molecular complexity index is 602. The van der Waals surface area contributed by atoms with Crippen molar-refractivity contribution in [2.24, 2.45) is 5.10 Å². The third-order valence-electron chi connectivity index (χ3n) is 3.28. The summed E-state index contributed by atoms with van der Waals surface area (Å²) in [5, 5.41) is 22.5. The van der Waals surface area contributed by atoms with Crippen LogP contribution in [-0.2, 0) is 9.59 Å². The highest BCUT2D eigenvalue weighted by Gasteiger charge is 2.11. The number of rotatable bonds is 13. The van der Waals surface area contributed by atoms with Crippen LogP contribution >= 0.6 is 0 Å². The summed E-state index contributed by atoms with van der Waals surface area (Å²) in [6.07, 6.45) is 4.57. The van der Waals surface area contributed by atoms with Gasteiger partial charge in [-0.05, 0) is 37.1 Å². The Labute approximate surface area is 153 Å². The van der Waals surface area contributed by atoms with Crippen LogP contribution in [0.3, 0.4) is 0 Å². The number of aliphatic carboxylic acids is 2. The molecule has 0 heterocycles. The van der Waals surface area contributed by atoms with Gasteiger partial charge in [0.05, 0.1) is 19.4 Å². The summed E-state index contributed by atoms with van der Waals surface area (Å²) in [5.74, 6) is -1.12. The fourth-order valence-corrected chi connectivity index (χ4v) is 2.12. The Morgan fingerprint density at radius 3 is 2.35 bits per heavy atom. The molecule has 0 atom stereocenters. The van der Waals surface area contributed by atoms with Crippen molar-refractivity contribution in [3.8, 4) is 11.5 Å². The zero-order chi connectivity index (χ0) is 19.4. The van der Waals surface area contributed by atoms with E-state index in [4.69, 9.17) is 19.7 Å². The highest BCUT2D eigenvalue weighted by Crippen LogP contribution is 2.28. The molecule has 0 aliphatic heterocycles. The van der Waals surface area contributed by atoms with Crippen molar-refractivity contribution in [2.75, 3.05) is 26.3 Å². The third-order valence-corrected chi connectivity index (χ3v) is 3.28. The van der Waals surface area contributed by atoms with Crippen LogP contribution in [0.1, 0.15) is 38.7 Å². The van der Waals surface area contributed by atoms with E-state index in [2.05, 4.69) is 12.0 Å². The topological polar surface area (TPSA) is 109 Å². The van der Waals surface area contributed by atoms with Crippen LogP contribution in [0.5, 0.6) is 11.5 Å². The molecule has 0 unspecified atom stereocenters. The zero-order valence-electron chi connectivity index (χ0n) is 15.2. The van der Waals surface area contributed by atoms with Gasteiger partial charge in [-0.3, -0.25) is 14.6 Å². The van der Waals surface area contributed by atoms with E-state index >= 15 is 0 Å². The van der Waals surface area contributed by atoms with Gasteiger partial charge in [-0.1, -0.05) is 19.8 Å². The first kappa shape index (κ1) is 21.3. The molecule has 2 N–H and O–H groups in total. The van der Waals surface area contributed by atoms with Crippen molar-refractivity contribution in [3.63, 3.8) is 0 Å². The van der Waals surface area contributed by atoms with E-state index in [9.17, 15) is 9.59 Å². The number of carbonyl (C=O) groups is 2. The predicted molar refractivity (Wildman–Crippen MR) is 97.1 cm³/mol. The lowest BCUT2D eigenvalue weighted by Crippen LogP contribution is -2.30. The molecule has 0 saturated carbocycles. The molecule has 144 valence electrons. The molecule has 0 aliphatic rings. The van der Waals surface area contributed by atoms with E-state index in [1.807, 2.05) is 6.92 Å². The number of hydrogen-bond donors (Lipinski definition) is 2. The van der Waals surface area contributed by atoms with Crippen LogP contribution < -0.4 is 9.47 Å². The standard InChI is InChI=1S/C18H26N2O6/c1-3-5-6-9-26-15-8-7-14(10-16(15)25-4-2)11-19-20(12-17(21)22)13-18(23)24/h7-8,10-11H,3-6,9,12-13H2,1-2H3,(H,21,22)(H,23,24)/b19-11-. The molecule has 0 spiro atoms. The highest BCUT2D eigenvalue weighted by atomic mass is 16.5. The monoisotopic (exact) mass is 366 g/mol. The Morgan fingerprint density at radius 1 is 1.08 bits per heavy atom. The SMILES string of the molecule is CCCCCOc1ccc(/C=N\N(CC(=O)O)CC(=O)O)cc1OCC. The number of unbranched alkanes of at least 4 members (excludes halogenated alkanes) is 2. The summed E-state index contributed by atoms with van der Waals surface area (Å²) >= 11 is 0. The molecule has 0 aromatic heterocycles. The van der Waals surface area contributed by atoms with E-state index in [1.165, 1.54) is 6.21 Å². The number of carboxylic acids is 2. The molecule has 0 radical (unpaired) electrons. The van der Waals surface area contributed by atoms with Gasteiger partial charge < -0.3 is 19.7 Å². The summed E-state index contributed by atoms with van der Waals surface area (Å²) in [6.45, 7) is 4.06. The molecule has 0 bridgehead atoms. The van der Waals surface area contributed by atoms with Crippen LogP contribution in [0.25, 0.3) is 0 Å². The molecule has 0 fully saturated rings. The Hall–Kier alpha value is -2.77. The fraction of sp³-hybridized carbons (Fsp3) is 0.500. The van der Waals surface area contributed by atoms with E-state index in [0.717, 1.165) is 24.3 Å². The first-order chi connectivity index (χ1) is 12.5. The zero-order valence-corrected chi connectivity index (χ0v) is 15.2. The van der Waals surface area contributed by atoms with Crippen LogP contribution in [0.15, 0.2) is 23.3 Å². The van der Waals surface area contributed by atoms with Crippen molar-refractivity contribution >= 4 is 18.2 Å². The van der Waals surface area contributed by atoms with Crippen molar-refractivity contribution in [2.45, 2.75) is 33.1 Å². The van der Waals surface area contributed by atoms with Crippen LogP contribution in [0.4, 0.5) is 0 Å². The Balaban J connectivity index is 2.85. The summed E-state index contributed by atoms with van der Waals surface area (Å²) in [7, 11) is 0. The lowest BCUT2D eigenvalue weighted by molar-refractivity contribution is -0.141. The predicted octanol–water partition coefficient (Wildman–Crippen LogP) is 2.46. The van der Waals surface area contributed by atoms with Crippen molar-refractivity contribution in [3.05, 3.63) is 23.8 Å². The molecule has 0 amide bonds. The second-order valence-corrected chi connectivity index (χ2v) is 5.55. The fourth-order valence-electron chi connectivity index (χ4n) is 2.12. The van der Waals surface area contributed by atoms with E-state index in [0.29, 0.717) is 30.3 Å². The molecule has 26 heavy (non-hydrogen) atoms. The summed E-state index contributed by atoms with van der Waals surface area (Å²) in [6, 6.07) is 5.24. The highest BCUT2D eigenvalue weighted by molar-refractivity contribution is 5.81. The molecule has 0 aliphatic carbocycles. The maximum Gasteiger partial charge on any atom is 0.324 e. The minimum absolute atomic E-state index is 0.468. The Kier molecular flexibility index (Phi) is 9.59. The molecule has 0 saturated heterocycles. The lowest BCUT2D eigenvalue weighted by atomic mass is 10.2. The van der Waals surface area contributed by atoms with Crippen molar-refractivity contribution in [1.82, 2.24) is 5.01 Å². The smallest absolute Gasteiger partial charge is 0.324 e. The van der Waals surface area contributed by atoms with Gasteiger partial charge in [0, 0.05) is 0 Å². The maximum absolute atomic E-state index is 10.8. The van der Waals surface area contributed by atoms with E-state index in [-0.39, 0.29) is 0 Å². The van der Waals surface area contributed by atoms with Gasteiger partial charge in [-0.2, -0.15) is 5.10 Å². The van der Waals surface area contributed by atoms with E-state index in [1.54, 1.807) is 18.2 Å². The third kappa shape index (κ3) is 8.36. The molecule has 1 rings (SSSR count). The normalized spacial score (nSPS) is 10.7. The van der Waals surface area contributed by atoms with Gasteiger partial charge in [-0.25, -0.2) is 0 Å². The molecular formula is C18H26N2O6. The van der Waals surface area contributed by atoms with Gasteiger partial charge in [0.2, 0.25) is 0 Å². The first-order valence-corrected chi connectivity index (χ1v) is 8.58. The number of ether oxygens (including phenoxy) is 2. The second-order valence-electron chi connectivity index (χ2n) is 5.55. The minimum Gasteiger partial charge on any atom is -0.490 e. The van der Waals surface area contributed by atoms with Crippen LogP contribution in [0.2, 0.25) is 0 Å². The van der Waals surface area contributed by atoms with Gasteiger partial charge in [0.15, 0.2) is 11.5 Å². The average Bonchev–Trinajstić information content (AvgIpc) is 2.57. The number of nitrogens with zero attached hydrogens (tertiary/aromatic N) is 2. The average molecular weight is 366 g/mol. The quantitative estimate of drug-likeness (QED) is 0.313. The Morgan fingerprint density at radius 2 is 1.77 bits per heavy atom. The number of carboxylic acid groups (broad SMARTS) is 2. The van der Waals surface area contributed by atoms with Crippen LogP contribution in [-0.4, -0.2) is 59.7 Å². The first-order valence-electron chi connectivity index (χ1n) is 8.58. The lowest BCUT2D eigenvalue weighted by Gasteiger charge is -2.14. The number of hydrogen-bond acceptors (Lipinski definition) is 6. The van der Waals surface area contributed by atoms with Gasteiger partial charge in [0.25, 0.3) is 0 Å². The van der Waals surface area contributed by atoms with Crippen LogP contribution in [0, 0.1) is 0 Å². The van der Waals surface area contributed by atoms with Gasteiger partial charge >= 0.3 is 11.9 Å². The number of benzene rings is 1. The molecule has 1 aromatic rings. The minimum atomic E-state index is -1.16. The van der Waals surface area contributed by atoms with Crippen molar-refractivity contribution in [1.29, 1.82) is 0 Å². The van der Waals surface area contributed by atoms with E-state index < -0.39 is 25.0 Å². The number of hydrazone groups is 1. The maximum atomic E-state index is 10.8. The molecule has 8 nitrogen and oxygen atoms in total. The summed E-state index contributed by atoms with van der Waals surface area (Å²) in [5.41, 5.74) is 0.648. The summed E-state index contributed by atoms with van der Waals surface area (Å²) in [4.78, 5) is 21.6. The van der Waals surface area contributed by atoms with Gasteiger partial charge in [0.1, 0.15) is 13.1 Å². The summed E-state index contributed by atoms with van der Waals surface area (Å²) < 4.78 is 11.3. The largest absolute Gasteiger partial charge is 0.490 e. The molecular weight excluding hydrogens is 340 g/mol. The van der Waals surface area contributed by atoms with Gasteiger partial charge in [-0.15, -0.1) is 0 Å². The van der Waals surface area contributed by atoms with Crippen molar-refractivity contribution < 1.29 is 29.3 Å². The molecule has 8 heteroatoms.